The number of nitrogens with zero attached hydrogens (tertiary/aromatic N) is 5. The summed E-state index contributed by atoms with van der Waals surface area (Å²) in [6.45, 7) is 3.50. The summed E-state index contributed by atoms with van der Waals surface area (Å²) in [6, 6.07) is 7.28. The van der Waals surface area contributed by atoms with E-state index in [1.807, 2.05) is 12.1 Å². The molecule has 9 heteroatoms. The molecule has 0 saturated heterocycles. The van der Waals surface area contributed by atoms with Crippen LogP contribution in [0.3, 0.4) is 0 Å². The summed E-state index contributed by atoms with van der Waals surface area (Å²) in [5, 5.41) is 19.6. The molecule has 0 amide bonds. The van der Waals surface area contributed by atoms with E-state index in [4.69, 9.17) is 4.74 Å². The van der Waals surface area contributed by atoms with Crippen LogP contribution in [0.5, 0.6) is 0 Å². The van der Waals surface area contributed by atoms with Gasteiger partial charge in [-0.25, -0.2) is 19.9 Å². The van der Waals surface area contributed by atoms with Crippen molar-refractivity contribution in [3.05, 3.63) is 24.5 Å². The van der Waals surface area contributed by atoms with Gasteiger partial charge in [0.25, 0.3) is 0 Å². The van der Waals surface area contributed by atoms with E-state index in [0.29, 0.717) is 48.0 Å². The van der Waals surface area contributed by atoms with Gasteiger partial charge in [0.2, 0.25) is 5.95 Å². The quantitative estimate of drug-likeness (QED) is 0.516. The highest BCUT2D eigenvalue weighted by molar-refractivity contribution is 5.53. The third kappa shape index (κ3) is 5.90. The highest BCUT2D eigenvalue weighted by Gasteiger charge is 2.42. The highest BCUT2D eigenvalue weighted by atomic mass is 16.5. The molecule has 2 aromatic heterocycles. The Labute approximate surface area is 189 Å². The van der Waals surface area contributed by atoms with Gasteiger partial charge in [-0.1, -0.05) is 0 Å². The Bertz CT molecular complexity index is 934. The number of nitriles is 1. The van der Waals surface area contributed by atoms with E-state index >= 15 is 0 Å². The van der Waals surface area contributed by atoms with Crippen LogP contribution in [0, 0.1) is 16.7 Å². The number of aromatic nitrogens is 4. The predicted octanol–water partition coefficient (Wildman–Crippen LogP) is 3.00. The Hall–Kier alpha value is -2.83. The van der Waals surface area contributed by atoms with Gasteiger partial charge >= 0.3 is 0 Å². The number of anilines is 2. The zero-order valence-corrected chi connectivity index (χ0v) is 18.8. The van der Waals surface area contributed by atoms with Gasteiger partial charge in [-0.05, 0) is 57.6 Å². The van der Waals surface area contributed by atoms with Crippen molar-refractivity contribution >= 4 is 11.8 Å². The second kappa shape index (κ2) is 10.2. The van der Waals surface area contributed by atoms with Crippen LogP contribution in [0.25, 0.3) is 11.5 Å². The lowest BCUT2D eigenvalue weighted by Gasteiger charge is -2.31. The first kappa shape index (κ1) is 22.4. The van der Waals surface area contributed by atoms with Crippen molar-refractivity contribution in [2.75, 3.05) is 30.9 Å². The third-order valence-corrected chi connectivity index (χ3v) is 6.24. The average Bonchev–Trinajstić information content (AvgIpc) is 3.60. The van der Waals surface area contributed by atoms with E-state index in [2.05, 4.69) is 48.9 Å². The molecule has 2 aliphatic carbocycles. The average molecular weight is 437 g/mol. The van der Waals surface area contributed by atoms with Gasteiger partial charge in [0.1, 0.15) is 11.5 Å². The third-order valence-electron chi connectivity index (χ3n) is 6.24. The monoisotopic (exact) mass is 436 g/mol. The fourth-order valence-corrected chi connectivity index (χ4v) is 4.16. The lowest BCUT2D eigenvalue weighted by molar-refractivity contribution is 0.161. The zero-order chi connectivity index (χ0) is 22.4. The Morgan fingerprint density at radius 1 is 1.12 bits per heavy atom. The summed E-state index contributed by atoms with van der Waals surface area (Å²) in [4.78, 5) is 18.0. The van der Waals surface area contributed by atoms with Gasteiger partial charge in [0.15, 0.2) is 5.82 Å². The fourth-order valence-electron chi connectivity index (χ4n) is 4.16. The maximum atomic E-state index is 9.25. The van der Waals surface area contributed by atoms with Gasteiger partial charge in [-0.2, -0.15) is 5.26 Å². The molecule has 2 aromatic rings. The summed E-state index contributed by atoms with van der Waals surface area (Å²) in [7, 11) is 1.74. The molecular formula is C23H32N8O. The smallest absolute Gasteiger partial charge is 0.223 e. The zero-order valence-electron chi connectivity index (χ0n) is 18.8. The largest absolute Gasteiger partial charge is 0.383 e. The molecule has 4 rings (SSSR count). The molecule has 0 bridgehead atoms. The van der Waals surface area contributed by atoms with Crippen molar-refractivity contribution < 1.29 is 4.74 Å². The molecule has 2 fully saturated rings. The normalized spacial score (nSPS) is 22.5. The first-order chi connectivity index (χ1) is 15.6. The van der Waals surface area contributed by atoms with Gasteiger partial charge in [-0.15, -0.1) is 0 Å². The first-order valence-corrected chi connectivity index (χ1v) is 11.4. The SMILES string of the molecule is COCC(C)NC1CCC(Nc2nccc(-c3nccc(NCC4(C#N)CC4)n3)n2)CC1. The molecule has 0 aromatic carbocycles. The molecule has 3 N–H and O–H groups in total. The Morgan fingerprint density at radius 3 is 2.59 bits per heavy atom. The molecule has 0 spiro atoms. The highest BCUT2D eigenvalue weighted by Crippen LogP contribution is 2.44. The molecule has 1 atom stereocenters. The molecule has 1 unspecified atom stereocenters. The topological polar surface area (TPSA) is 121 Å². The van der Waals surface area contributed by atoms with Crippen molar-refractivity contribution in [3.63, 3.8) is 0 Å². The first-order valence-electron chi connectivity index (χ1n) is 11.4. The lowest BCUT2D eigenvalue weighted by Crippen LogP contribution is -2.43. The number of nitrogens with one attached hydrogen (secondary N) is 3. The maximum Gasteiger partial charge on any atom is 0.223 e. The molecule has 2 saturated carbocycles. The van der Waals surface area contributed by atoms with Crippen LogP contribution in [0.2, 0.25) is 0 Å². The number of hydrogen-bond donors (Lipinski definition) is 3. The molecule has 2 heterocycles. The number of ether oxygens (including phenoxy) is 1. The van der Waals surface area contributed by atoms with E-state index in [0.717, 1.165) is 45.1 Å². The van der Waals surface area contributed by atoms with Crippen LogP contribution < -0.4 is 16.0 Å². The molecule has 32 heavy (non-hydrogen) atoms. The second-order valence-electron chi connectivity index (χ2n) is 8.99. The number of methoxy groups -OCH3 is 1. The molecule has 0 aliphatic heterocycles. The summed E-state index contributed by atoms with van der Waals surface area (Å²) in [5.41, 5.74) is 0.448. The van der Waals surface area contributed by atoms with E-state index < -0.39 is 0 Å². The minimum Gasteiger partial charge on any atom is -0.383 e. The van der Waals surface area contributed by atoms with Crippen molar-refractivity contribution in [3.8, 4) is 17.6 Å². The van der Waals surface area contributed by atoms with Crippen LogP contribution in [0.1, 0.15) is 45.4 Å². The summed E-state index contributed by atoms with van der Waals surface area (Å²) in [6.07, 6.45) is 9.72. The molecule has 170 valence electrons. The van der Waals surface area contributed by atoms with Crippen molar-refractivity contribution in [2.24, 2.45) is 5.41 Å². The number of rotatable bonds is 10. The lowest BCUT2D eigenvalue weighted by atomic mass is 9.91. The minimum absolute atomic E-state index is 0.229. The summed E-state index contributed by atoms with van der Waals surface area (Å²) < 4.78 is 5.22. The molecule has 2 aliphatic rings. The van der Waals surface area contributed by atoms with Crippen LogP contribution in [0.15, 0.2) is 24.5 Å². The van der Waals surface area contributed by atoms with Crippen molar-refractivity contribution in [2.45, 2.75) is 63.6 Å². The van der Waals surface area contributed by atoms with E-state index in [-0.39, 0.29) is 5.41 Å². The van der Waals surface area contributed by atoms with Crippen molar-refractivity contribution in [1.29, 1.82) is 5.26 Å². The number of hydrogen-bond acceptors (Lipinski definition) is 9. The summed E-state index contributed by atoms with van der Waals surface area (Å²) in [5.74, 6) is 1.86. The van der Waals surface area contributed by atoms with E-state index in [1.54, 1.807) is 19.5 Å². The van der Waals surface area contributed by atoms with Crippen LogP contribution in [-0.4, -0.2) is 58.3 Å². The minimum atomic E-state index is -0.229. The molecule has 0 radical (unpaired) electrons. The van der Waals surface area contributed by atoms with Crippen LogP contribution in [-0.2, 0) is 4.74 Å². The molecule has 9 nitrogen and oxygen atoms in total. The van der Waals surface area contributed by atoms with Gasteiger partial charge < -0.3 is 20.7 Å². The predicted molar refractivity (Wildman–Crippen MR) is 123 cm³/mol. The second-order valence-corrected chi connectivity index (χ2v) is 8.99. The summed E-state index contributed by atoms with van der Waals surface area (Å²) >= 11 is 0. The Kier molecular flexibility index (Phi) is 7.12. The van der Waals surface area contributed by atoms with E-state index in [1.165, 1.54) is 0 Å². The van der Waals surface area contributed by atoms with Crippen LogP contribution >= 0.6 is 0 Å². The standard InChI is InChI=1S/C23H32N8O/c1-16(13-32-2)28-17-3-5-18(6-4-17)29-22-26-11-7-19(30-22)21-25-12-8-20(31-21)27-15-23(14-24)9-10-23/h7-8,11-12,16-18,28H,3-6,9-10,13,15H2,1-2H3,(H,25,27,31)(H,26,29,30). The van der Waals surface area contributed by atoms with Gasteiger partial charge in [0.05, 0.1) is 18.1 Å². The van der Waals surface area contributed by atoms with E-state index in [9.17, 15) is 5.26 Å². The van der Waals surface area contributed by atoms with Crippen molar-refractivity contribution in [1.82, 2.24) is 25.3 Å². The Balaban J connectivity index is 1.32. The molecular weight excluding hydrogens is 404 g/mol. The fraction of sp³-hybridized carbons (Fsp3) is 0.609. The Morgan fingerprint density at radius 2 is 1.88 bits per heavy atom. The van der Waals surface area contributed by atoms with Gasteiger partial charge in [0, 0.05) is 44.2 Å². The van der Waals surface area contributed by atoms with Crippen LogP contribution in [0.4, 0.5) is 11.8 Å². The van der Waals surface area contributed by atoms with Gasteiger partial charge in [-0.3, -0.25) is 0 Å². The maximum absolute atomic E-state index is 9.25.